The van der Waals surface area contributed by atoms with Crippen LogP contribution in [0.3, 0.4) is 0 Å². The van der Waals surface area contributed by atoms with Gasteiger partial charge < -0.3 is 9.47 Å². The van der Waals surface area contributed by atoms with Crippen LogP contribution in [0.1, 0.15) is 42.0 Å². The molecule has 0 unspecified atom stereocenters. The van der Waals surface area contributed by atoms with E-state index in [2.05, 4.69) is 9.97 Å². The minimum atomic E-state index is -4.30. The van der Waals surface area contributed by atoms with E-state index in [4.69, 9.17) is 4.98 Å². The van der Waals surface area contributed by atoms with Crippen LogP contribution in [0, 0.1) is 6.92 Å². The highest BCUT2D eigenvalue weighted by Crippen LogP contribution is 2.26. The lowest BCUT2D eigenvalue weighted by Crippen LogP contribution is -2.38. The number of carbonyl (C=O) groups is 1. The lowest BCUT2D eigenvalue weighted by Gasteiger charge is -2.30. The maximum atomic E-state index is 13.9. The smallest absolute Gasteiger partial charge is 0.337 e. The normalized spacial score (nSPS) is 12.4. The average molecular weight is 575 g/mol. The van der Waals surface area contributed by atoms with Crippen LogP contribution in [0.5, 0.6) is 0 Å². The van der Waals surface area contributed by atoms with Crippen LogP contribution in [-0.4, -0.2) is 41.1 Å². The number of rotatable bonds is 9. The molecule has 1 amide bonds. The number of hydrogen-bond acceptors (Lipinski definition) is 5. The number of alkyl halides is 3. The molecule has 5 aromatic rings. The van der Waals surface area contributed by atoms with Crippen LogP contribution in [0.25, 0.3) is 16.6 Å². The van der Waals surface area contributed by atoms with Gasteiger partial charge in [0, 0.05) is 31.7 Å². The molecule has 0 fully saturated rings. The number of pyridine rings is 1. The Bertz CT molecular complexity index is 1750. The third kappa shape index (κ3) is 6.56. The van der Waals surface area contributed by atoms with Crippen molar-refractivity contribution in [2.24, 2.45) is 0 Å². The van der Waals surface area contributed by atoms with Gasteiger partial charge in [0.25, 0.3) is 5.56 Å². The van der Waals surface area contributed by atoms with Crippen LogP contribution in [0.15, 0.2) is 90.4 Å². The molecule has 0 bridgehead atoms. The molecule has 0 N–H and O–H groups in total. The molecule has 0 radical (unpaired) electrons. The van der Waals surface area contributed by atoms with Crippen molar-refractivity contribution in [3.63, 3.8) is 0 Å². The molecule has 11 heteroatoms. The Labute approximate surface area is 240 Å². The molecule has 0 aliphatic rings. The highest BCUT2D eigenvalue weighted by molar-refractivity contribution is 5.80. The van der Waals surface area contributed by atoms with Gasteiger partial charge >= 0.3 is 6.18 Å². The Balaban J connectivity index is 1.54. The predicted octanol–water partition coefficient (Wildman–Crippen LogP) is 5.57. The summed E-state index contributed by atoms with van der Waals surface area (Å²) in [5.74, 6) is 0.0424. The molecular formula is C31H29F3N6O2. The number of para-hydroxylation sites is 1. The molecule has 3 heterocycles. The maximum Gasteiger partial charge on any atom is 0.390 e. The molecule has 0 saturated carbocycles. The number of benzene rings is 2. The highest BCUT2D eigenvalue weighted by atomic mass is 19.4. The first-order chi connectivity index (χ1) is 20.1. The fourth-order valence-electron chi connectivity index (χ4n) is 4.77. The molecule has 42 heavy (non-hydrogen) atoms. The minimum absolute atomic E-state index is 0.147. The van der Waals surface area contributed by atoms with E-state index in [9.17, 15) is 22.8 Å². The summed E-state index contributed by atoms with van der Waals surface area (Å²) in [6.07, 6.45) is 0.593. The topological polar surface area (TPSA) is 85.9 Å². The summed E-state index contributed by atoms with van der Waals surface area (Å²) in [4.78, 5) is 42.5. The molecule has 0 aliphatic carbocycles. The van der Waals surface area contributed by atoms with Gasteiger partial charge in [-0.15, -0.1) is 0 Å². The number of hydrogen-bond donors (Lipinski definition) is 0. The summed E-state index contributed by atoms with van der Waals surface area (Å²) >= 11 is 0. The molecule has 3 aromatic heterocycles. The van der Waals surface area contributed by atoms with Gasteiger partial charge in [-0.1, -0.05) is 35.9 Å². The first-order valence-electron chi connectivity index (χ1n) is 13.4. The zero-order valence-electron chi connectivity index (χ0n) is 23.1. The number of amides is 1. The second-order valence-corrected chi connectivity index (χ2v) is 10.2. The van der Waals surface area contributed by atoms with Gasteiger partial charge in [0.2, 0.25) is 5.91 Å². The van der Waals surface area contributed by atoms with Gasteiger partial charge in [-0.05, 0) is 49.7 Å². The highest BCUT2D eigenvalue weighted by Gasteiger charge is 2.29. The third-order valence-corrected chi connectivity index (χ3v) is 7.00. The molecule has 1 atom stereocenters. The van der Waals surface area contributed by atoms with E-state index in [1.165, 1.54) is 21.7 Å². The van der Waals surface area contributed by atoms with Crippen molar-refractivity contribution in [1.29, 1.82) is 0 Å². The van der Waals surface area contributed by atoms with Crippen LogP contribution in [0.2, 0.25) is 0 Å². The predicted molar refractivity (Wildman–Crippen MR) is 152 cm³/mol. The lowest BCUT2D eigenvalue weighted by molar-refractivity contribution is -0.137. The average Bonchev–Trinajstić information content (AvgIpc) is 3.42. The van der Waals surface area contributed by atoms with Gasteiger partial charge in [0.1, 0.15) is 5.82 Å². The Morgan fingerprint density at radius 1 is 1.05 bits per heavy atom. The van der Waals surface area contributed by atoms with Gasteiger partial charge in [-0.3, -0.25) is 19.1 Å². The van der Waals surface area contributed by atoms with Crippen molar-refractivity contribution in [3.05, 3.63) is 119 Å². The van der Waals surface area contributed by atoms with Gasteiger partial charge in [-0.2, -0.15) is 13.2 Å². The van der Waals surface area contributed by atoms with Gasteiger partial charge in [0.15, 0.2) is 0 Å². The van der Waals surface area contributed by atoms with E-state index in [-0.39, 0.29) is 31.0 Å². The van der Waals surface area contributed by atoms with E-state index in [1.54, 1.807) is 54.5 Å². The van der Waals surface area contributed by atoms with Crippen molar-refractivity contribution in [1.82, 2.24) is 29.0 Å². The summed E-state index contributed by atoms with van der Waals surface area (Å²) in [6, 6.07) is 17.5. The number of nitrogens with zero attached hydrogens (tertiary/aromatic N) is 6. The summed E-state index contributed by atoms with van der Waals surface area (Å²) in [5, 5.41) is 0.448. The quantitative estimate of drug-likeness (QED) is 0.230. The summed E-state index contributed by atoms with van der Waals surface area (Å²) in [6.45, 7) is 3.63. The molecule has 2 aromatic carbocycles. The fourth-order valence-corrected chi connectivity index (χ4v) is 4.77. The molecule has 0 saturated heterocycles. The monoisotopic (exact) mass is 574 g/mol. The number of fused-ring (bicyclic) bond motifs is 1. The maximum absolute atomic E-state index is 13.9. The van der Waals surface area contributed by atoms with Crippen molar-refractivity contribution < 1.29 is 18.0 Å². The van der Waals surface area contributed by atoms with Crippen molar-refractivity contribution in [3.8, 4) is 5.69 Å². The Morgan fingerprint density at radius 3 is 2.52 bits per heavy atom. The minimum Gasteiger partial charge on any atom is -0.337 e. The second kappa shape index (κ2) is 12.0. The number of aromatic nitrogens is 5. The fraction of sp³-hybridized carbons (Fsp3) is 0.258. The van der Waals surface area contributed by atoms with Crippen LogP contribution < -0.4 is 5.56 Å². The molecule has 216 valence electrons. The van der Waals surface area contributed by atoms with Gasteiger partial charge in [0.05, 0.1) is 47.5 Å². The third-order valence-electron chi connectivity index (χ3n) is 7.00. The van der Waals surface area contributed by atoms with E-state index in [0.29, 0.717) is 28.1 Å². The number of imidazole rings is 1. The summed E-state index contributed by atoms with van der Waals surface area (Å²) in [5.41, 5.74) is 2.99. The summed E-state index contributed by atoms with van der Waals surface area (Å²) in [7, 11) is 0. The van der Waals surface area contributed by atoms with Crippen LogP contribution in [-0.2, 0) is 24.3 Å². The second-order valence-electron chi connectivity index (χ2n) is 10.2. The van der Waals surface area contributed by atoms with E-state index >= 15 is 0 Å². The molecule has 8 nitrogen and oxygen atoms in total. The number of carbonyl (C=O) groups excluding carboxylic acids is 1. The number of halogens is 3. The SMILES string of the molecule is Cc1ccc(-n2c([C@@H](C)N(Cc3cccnc3)C(=O)Cc3cn(CCC(F)(F)F)cn3)nc3ccccc3c2=O)cc1. The zero-order chi connectivity index (χ0) is 29.9. The summed E-state index contributed by atoms with van der Waals surface area (Å²) < 4.78 is 40.9. The first-order valence-corrected chi connectivity index (χ1v) is 13.4. The van der Waals surface area contributed by atoms with E-state index in [1.807, 2.05) is 37.3 Å². The van der Waals surface area contributed by atoms with Crippen LogP contribution >= 0.6 is 0 Å². The molecule has 0 spiro atoms. The Kier molecular flexibility index (Phi) is 8.19. The van der Waals surface area contributed by atoms with Crippen molar-refractivity contribution in [2.75, 3.05) is 0 Å². The molecule has 5 rings (SSSR count). The molecular weight excluding hydrogens is 545 g/mol. The first kappa shape index (κ1) is 28.7. The Hall–Kier alpha value is -4.80. The number of aryl methyl sites for hydroxylation is 2. The van der Waals surface area contributed by atoms with Crippen molar-refractivity contribution in [2.45, 2.75) is 52.0 Å². The lowest BCUT2D eigenvalue weighted by atomic mass is 10.1. The van der Waals surface area contributed by atoms with Gasteiger partial charge in [-0.25, -0.2) is 9.97 Å². The largest absolute Gasteiger partial charge is 0.390 e. The standard InChI is InChI=1S/C31H29F3N6O2/c1-21-9-11-25(12-10-21)40-29(37-27-8-4-3-7-26(27)30(40)42)22(2)39(18-23-6-5-14-35-17-23)28(41)16-24-19-38(20-36-24)15-13-31(32,33)34/h3-12,14,17,19-20,22H,13,15-16,18H2,1-2H3/t22-/m1/s1. The van der Waals surface area contributed by atoms with Crippen molar-refractivity contribution >= 4 is 16.8 Å². The van der Waals surface area contributed by atoms with Crippen LogP contribution in [0.4, 0.5) is 13.2 Å². The van der Waals surface area contributed by atoms with E-state index in [0.717, 1.165) is 11.1 Å². The Morgan fingerprint density at radius 2 is 1.81 bits per heavy atom. The van der Waals surface area contributed by atoms with E-state index < -0.39 is 18.6 Å². The molecule has 0 aliphatic heterocycles. The zero-order valence-corrected chi connectivity index (χ0v) is 23.1.